The number of hydrogen-bond acceptors (Lipinski definition) is 6. The molecular weight excluding hydrogens is 324 g/mol. The third kappa shape index (κ3) is 4.61. The van der Waals surface area contributed by atoms with Gasteiger partial charge < -0.3 is 14.2 Å². The van der Waals surface area contributed by atoms with E-state index >= 15 is 0 Å². The van der Waals surface area contributed by atoms with Gasteiger partial charge in [0, 0.05) is 0 Å². The number of carbonyl (C=O) groups excluding carboxylic acids is 3. The second-order valence-corrected chi connectivity index (χ2v) is 7.44. The molecule has 0 saturated heterocycles. The van der Waals surface area contributed by atoms with Crippen molar-refractivity contribution in [2.75, 3.05) is 13.2 Å². The molecule has 0 radical (unpaired) electrons. The highest BCUT2D eigenvalue weighted by Gasteiger charge is 2.60. The number of carbonyl (C=O) groups is 3. The minimum atomic E-state index is -1.70. The van der Waals surface area contributed by atoms with Gasteiger partial charge in [-0.1, -0.05) is 11.1 Å². The topological polar surface area (TPSA) is 78.9 Å². The fourth-order valence-corrected chi connectivity index (χ4v) is 3.04. The summed E-state index contributed by atoms with van der Waals surface area (Å²) in [6.45, 7) is 12.5. The van der Waals surface area contributed by atoms with Gasteiger partial charge in [0.2, 0.25) is 0 Å². The molecular formula is C19H30O6. The summed E-state index contributed by atoms with van der Waals surface area (Å²) in [4.78, 5) is 38.5. The largest absolute Gasteiger partial charge is 0.465 e. The van der Waals surface area contributed by atoms with E-state index in [0.29, 0.717) is 0 Å². The number of esters is 3. The SMILES string of the molecule is CCOC(=O)C1(C(=O)OCC)CC(C)=C(C)C[C@@H]1C(=O)OC(C)(C)C. The van der Waals surface area contributed by atoms with Crippen molar-refractivity contribution >= 4 is 17.9 Å². The van der Waals surface area contributed by atoms with Crippen LogP contribution in [-0.2, 0) is 28.6 Å². The van der Waals surface area contributed by atoms with Gasteiger partial charge in [0.05, 0.1) is 19.1 Å². The van der Waals surface area contributed by atoms with Crippen molar-refractivity contribution in [3.05, 3.63) is 11.1 Å². The van der Waals surface area contributed by atoms with Gasteiger partial charge in [-0.05, 0) is 61.3 Å². The standard InChI is InChI=1S/C19H30O6/c1-8-23-16(21)19(17(22)24-9-2)11-13(4)12(3)10-14(19)15(20)25-18(5,6)7/h14H,8-11H2,1-7H3/t14-/m1/s1. The van der Waals surface area contributed by atoms with Gasteiger partial charge in [0.25, 0.3) is 0 Å². The van der Waals surface area contributed by atoms with Crippen molar-refractivity contribution < 1.29 is 28.6 Å². The lowest BCUT2D eigenvalue weighted by Crippen LogP contribution is -2.53. The Morgan fingerprint density at radius 3 is 1.88 bits per heavy atom. The second-order valence-electron chi connectivity index (χ2n) is 7.44. The molecule has 0 bridgehead atoms. The first-order valence-corrected chi connectivity index (χ1v) is 8.72. The van der Waals surface area contributed by atoms with Gasteiger partial charge in [0.15, 0.2) is 5.41 Å². The number of ether oxygens (including phenoxy) is 3. The lowest BCUT2D eigenvalue weighted by atomic mass is 9.64. The monoisotopic (exact) mass is 354 g/mol. The van der Waals surface area contributed by atoms with Crippen molar-refractivity contribution in [1.82, 2.24) is 0 Å². The average Bonchev–Trinajstić information content (AvgIpc) is 2.48. The van der Waals surface area contributed by atoms with Gasteiger partial charge in [-0.25, -0.2) is 0 Å². The maximum Gasteiger partial charge on any atom is 0.324 e. The molecule has 142 valence electrons. The van der Waals surface area contributed by atoms with Crippen molar-refractivity contribution in [2.45, 2.75) is 66.9 Å². The van der Waals surface area contributed by atoms with Crippen LogP contribution in [0.25, 0.3) is 0 Å². The molecule has 6 nitrogen and oxygen atoms in total. The van der Waals surface area contributed by atoms with E-state index < -0.39 is 34.8 Å². The molecule has 0 aromatic heterocycles. The van der Waals surface area contributed by atoms with Crippen LogP contribution in [0.2, 0.25) is 0 Å². The smallest absolute Gasteiger partial charge is 0.324 e. The van der Waals surface area contributed by atoms with E-state index in [1.165, 1.54) is 0 Å². The Morgan fingerprint density at radius 1 is 1.00 bits per heavy atom. The summed E-state index contributed by atoms with van der Waals surface area (Å²) >= 11 is 0. The normalized spacial score (nSPS) is 20.0. The molecule has 0 aliphatic heterocycles. The van der Waals surface area contributed by atoms with Gasteiger partial charge in [0.1, 0.15) is 5.60 Å². The summed E-state index contributed by atoms with van der Waals surface area (Å²) in [7, 11) is 0. The lowest BCUT2D eigenvalue weighted by molar-refractivity contribution is -0.188. The van der Waals surface area contributed by atoms with Crippen LogP contribution in [0, 0.1) is 11.3 Å². The Bertz CT molecular complexity index is 549. The average molecular weight is 354 g/mol. The third-order valence-electron chi connectivity index (χ3n) is 4.35. The Kier molecular flexibility index (Phi) is 6.80. The molecule has 1 aliphatic carbocycles. The first kappa shape index (κ1) is 21.2. The molecule has 0 amide bonds. The summed E-state index contributed by atoms with van der Waals surface area (Å²) in [5, 5.41) is 0. The van der Waals surface area contributed by atoms with Crippen molar-refractivity contribution in [1.29, 1.82) is 0 Å². The van der Waals surface area contributed by atoms with E-state index in [9.17, 15) is 14.4 Å². The minimum absolute atomic E-state index is 0.0976. The van der Waals surface area contributed by atoms with E-state index in [4.69, 9.17) is 14.2 Å². The molecule has 0 heterocycles. The van der Waals surface area contributed by atoms with Crippen molar-refractivity contribution in [3.8, 4) is 0 Å². The molecule has 25 heavy (non-hydrogen) atoms. The minimum Gasteiger partial charge on any atom is -0.465 e. The maximum atomic E-state index is 12.8. The zero-order chi connectivity index (χ0) is 19.4. The summed E-state index contributed by atoms with van der Waals surface area (Å²) in [6, 6.07) is 0. The molecule has 0 N–H and O–H groups in total. The molecule has 6 heteroatoms. The van der Waals surface area contributed by atoms with Gasteiger partial charge >= 0.3 is 17.9 Å². The van der Waals surface area contributed by atoms with E-state index in [1.54, 1.807) is 34.6 Å². The molecule has 0 aromatic carbocycles. The fraction of sp³-hybridized carbons (Fsp3) is 0.737. The predicted molar refractivity (Wildman–Crippen MR) is 92.6 cm³/mol. The van der Waals surface area contributed by atoms with E-state index in [2.05, 4.69) is 0 Å². The van der Waals surface area contributed by atoms with E-state index in [-0.39, 0.29) is 26.1 Å². The molecule has 0 aromatic rings. The molecule has 1 aliphatic rings. The Balaban J connectivity index is 3.45. The van der Waals surface area contributed by atoms with Gasteiger partial charge in [-0.15, -0.1) is 0 Å². The number of allylic oxidation sites excluding steroid dienone is 2. The Morgan fingerprint density at radius 2 is 1.48 bits per heavy atom. The first-order valence-electron chi connectivity index (χ1n) is 8.72. The number of hydrogen-bond donors (Lipinski definition) is 0. The van der Waals surface area contributed by atoms with Crippen LogP contribution in [0.15, 0.2) is 11.1 Å². The van der Waals surface area contributed by atoms with Crippen LogP contribution in [-0.4, -0.2) is 36.7 Å². The Labute approximate surface area is 149 Å². The summed E-state index contributed by atoms with van der Waals surface area (Å²) in [5.74, 6) is -3.00. The second kappa shape index (κ2) is 8.02. The zero-order valence-electron chi connectivity index (χ0n) is 16.4. The van der Waals surface area contributed by atoms with E-state index in [1.807, 2.05) is 13.8 Å². The molecule has 0 unspecified atom stereocenters. The van der Waals surface area contributed by atoms with Crippen LogP contribution >= 0.6 is 0 Å². The molecule has 1 rings (SSSR count). The highest BCUT2D eigenvalue weighted by Crippen LogP contribution is 2.47. The van der Waals surface area contributed by atoms with Crippen molar-refractivity contribution in [2.24, 2.45) is 11.3 Å². The van der Waals surface area contributed by atoms with Crippen LogP contribution < -0.4 is 0 Å². The molecule has 0 fully saturated rings. The lowest BCUT2D eigenvalue weighted by Gasteiger charge is -2.40. The first-order chi connectivity index (χ1) is 11.5. The highest BCUT2D eigenvalue weighted by molar-refractivity contribution is 6.04. The summed E-state index contributed by atoms with van der Waals surface area (Å²) in [6.07, 6.45) is 0.360. The predicted octanol–water partition coefficient (Wildman–Crippen LogP) is 3.19. The summed E-state index contributed by atoms with van der Waals surface area (Å²) < 4.78 is 15.8. The Hall–Kier alpha value is -1.85. The molecule has 1 atom stereocenters. The van der Waals surface area contributed by atoms with Crippen molar-refractivity contribution in [3.63, 3.8) is 0 Å². The molecule has 0 saturated carbocycles. The quantitative estimate of drug-likeness (QED) is 0.326. The summed E-state index contributed by atoms with van der Waals surface area (Å²) in [5.41, 5.74) is -0.560. The zero-order valence-corrected chi connectivity index (χ0v) is 16.4. The van der Waals surface area contributed by atoms with E-state index in [0.717, 1.165) is 11.1 Å². The van der Waals surface area contributed by atoms with Crippen LogP contribution in [0.5, 0.6) is 0 Å². The van der Waals surface area contributed by atoms with Crippen LogP contribution in [0.4, 0.5) is 0 Å². The van der Waals surface area contributed by atoms with Crippen LogP contribution in [0.1, 0.15) is 61.3 Å². The number of rotatable bonds is 5. The van der Waals surface area contributed by atoms with Gasteiger partial charge in [-0.2, -0.15) is 0 Å². The fourth-order valence-electron chi connectivity index (χ4n) is 3.04. The van der Waals surface area contributed by atoms with Crippen LogP contribution in [0.3, 0.4) is 0 Å². The molecule has 0 spiro atoms. The third-order valence-corrected chi connectivity index (χ3v) is 4.35. The van der Waals surface area contributed by atoms with Gasteiger partial charge in [-0.3, -0.25) is 14.4 Å². The maximum absolute atomic E-state index is 12.8. The highest BCUT2D eigenvalue weighted by atomic mass is 16.6.